The van der Waals surface area contributed by atoms with Crippen molar-refractivity contribution in [1.29, 1.82) is 0 Å². The lowest BCUT2D eigenvalue weighted by molar-refractivity contribution is -0.283. The van der Waals surface area contributed by atoms with Gasteiger partial charge in [0, 0.05) is 5.92 Å². The molecule has 114 valence electrons. The lowest BCUT2D eigenvalue weighted by atomic mass is 9.82. The van der Waals surface area contributed by atoms with Crippen LogP contribution in [0, 0.1) is 11.8 Å². The van der Waals surface area contributed by atoms with Crippen molar-refractivity contribution < 1.29 is 29.7 Å². The van der Waals surface area contributed by atoms with E-state index in [-0.39, 0.29) is 12.3 Å². The van der Waals surface area contributed by atoms with Crippen LogP contribution in [-0.4, -0.2) is 46.2 Å². The Kier molecular flexibility index (Phi) is 5.06. The fourth-order valence-corrected chi connectivity index (χ4v) is 2.68. The molecule has 0 bridgehead atoms. The number of amides is 2. The van der Waals surface area contributed by atoms with Crippen LogP contribution in [0.5, 0.6) is 0 Å². The summed E-state index contributed by atoms with van der Waals surface area (Å²) in [5, 5.41) is 19.0. The fraction of sp³-hybridized carbons (Fsp3) is 0.833. The zero-order valence-corrected chi connectivity index (χ0v) is 11.1. The van der Waals surface area contributed by atoms with E-state index in [1.165, 1.54) is 0 Å². The van der Waals surface area contributed by atoms with E-state index in [0.717, 1.165) is 25.7 Å². The summed E-state index contributed by atoms with van der Waals surface area (Å²) >= 11 is 0. The number of nitrogens with two attached hydrogens (primary N) is 1. The number of hydrogen-bond donors (Lipinski definition) is 3. The number of hydrogen-bond acceptors (Lipinski definition) is 7. The molecule has 2 rings (SSSR count). The first kappa shape index (κ1) is 15.3. The first-order chi connectivity index (χ1) is 9.56. The Bertz CT molecular complexity index is 369. The Labute approximate surface area is 116 Å². The summed E-state index contributed by atoms with van der Waals surface area (Å²) in [7, 11) is 0. The average molecular weight is 288 g/mol. The van der Waals surface area contributed by atoms with E-state index < -0.39 is 24.2 Å². The second kappa shape index (κ2) is 6.59. The Morgan fingerprint density at radius 2 is 1.95 bits per heavy atom. The molecule has 1 heterocycles. The van der Waals surface area contributed by atoms with Gasteiger partial charge in [-0.25, -0.2) is 9.73 Å². The number of aliphatic hydroxyl groups excluding tert-OH is 1. The molecule has 0 spiro atoms. The maximum atomic E-state index is 11.6. The highest BCUT2D eigenvalue weighted by molar-refractivity contribution is 6.03. The highest BCUT2D eigenvalue weighted by Crippen LogP contribution is 2.31. The van der Waals surface area contributed by atoms with Gasteiger partial charge in [0.25, 0.3) is 11.8 Å². The van der Waals surface area contributed by atoms with Crippen LogP contribution in [0.2, 0.25) is 0 Å². The number of imide groups is 1. The van der Waals surface area contributed by atoms with Gasteiger partial charge in [0.05, 0.1) is 6.42 Å². The molecule has 8 nitrogen and oxygen atoms in total. The molecule has 0 aromatic carbocycles. The third kappa shape index (κ3) is 3.15. The number of nitrogens with zero attached hydrogens (tertiary/aromatic N) is 1. The molecule has 0 radical (unpaired) electrons. The Hall–Kier alpha value is -1.06. The van der Waals surface area contributed by atoms with E-state index in [1.807, 2.05) is 0 Å². The summed E-state index contributed by atoms with van der Waals surface area (Å²) in [6.07, 6.45) is 0.500. The predicted molar refractivity (Wildman–Crippen MR) is 65.6 cm³/mol. The van der Waals surface area contributed by atoms with E-state index in [4.69, 9.17) is 15.8 Å². The van der Waals surface area contributed by atoms with Crippen LogP contribution < -0.4 is 5.73 Å². The van der Waals surface area contributed by atoms with E-state index in [1.54, 1.807) is 0 Å². The summed E-state index contributed by atoms with van der Waals surface area (Å²) in [5.74, 6) is -1.11. The van der Waals surface area contributed by atoms with E-state index >= 15 is 0 Å². The lowest BCUT2D eigenvalue weighted by Crippen LogP contribution is -2.40. The number of carbonyl (C=O) groups excluding carboxylic acids is 2. The van der Waals surface area contributed by atoms with Crippen LogP contribution in [0.25, 0.3) is 0 Å². The Balaban J connectivity index is 1.87. The van der Waals surface area contributed by atoms with E-state index in [9.17, 15) is 14.7 Å². The minimum Gasteiger partial charge on any atom is -0.366 e. The molecule has 2 amide bonds. The molecule has 1 saturated heterocycles. The van der Waals surface area contributed by atoms with Crippen LogP contribution in [0.3, 0.4) is 0 Å². The fourth-order valence-electron chi connectivity index (χ4n) is 2.68. The minimum atomic E-state index is -1.25. The number of rotatable bonds is 5. The number of hydroxylamine groups is 2. The first-order valence-electron chi connectivity index (χ1n) is 6.78. The molecule has 4 N–H and O–H groups in total. The topological polar surface area (TPSA) is 122 Å². The smallest absolute Gasteiger partial charge is 0.286 e. The lowest BCUT2D eigenvalue weighted by Gasteiger charge is -2.31. The zero-order chi connectivity index (χ0) is 14.7. The molecule has 0 aromatic rings. The largest absolute Gasteiger partial charge is 0.366 e. The summed E-state index contributed by atoms with van der Waals surface area (Å²) in [4.78, 5) is 32.1. The van der Waals surface area contributed by atoms with Crippen molar-refractivity contribution in [1.82, 2.24) is 5.06 Å². The maximum Gasteiger partial charge on any atom is 0.286 e. The standard InChI is InChI=1S/C12H20N2O6/c13-6-7-1-3-8(4-2-7)12(17)19-14-10(15)5-9(20-18)11(14)16/h7-9,12,17-18H,1-6,13H2/t7?,8?,9?,12-/m0/s1. The average Bonchev–Trinajstić information content (AvgIpc) is 2.74. The number of carbonyl (C=O) groups is 2. The first-order valence-corrected chi connectivity index (χ1v) is 6.78. The van der Waals surface area contributed by atoms with Gasteiger partial charge in [0.1, 0.15) is 0 Å². The van der Waals surface area contributed by atoms with Crippen molar-refractivity contribution in [3.63, 3.8) is 0 Å². The summed E-state index contributed by atoms with van der Waals surface area (Å²) < 4.78 is 0. The van der Waals surface area contributed by atoms with E-state index in [0.29, 0.717) is 17.5 Å². The van der Waals surface area contributed by atoms with Gasteiger partial charge < -0.3 is 10.8 Å². The Morgan fingerprint density at radius 1 is 1.30 bits per heavy atom. The molecule has 2 fully saturated rings. The van der Waals surface area contributed by atoms with Gasteiger partial charge in [-0.1, -0.05) is 0 Å². The van der Waals surface area contributed by atoms with Crippen LogP contribution in [0.4, 0.5) is 0 Å². The molecule has 2 aliphatic rings. The quantitative estimate of drug-likeness (QED) is 0.273. The van der Waals surface area contributed by atoms with Crippen molar-refractivity contribution >= 4 is 11.8 Å². The predicted octanol–water partition coefficient (Wildman–Crippen LogP) is -0.381. The van der Waals surface area contributed by atoms with Gasteiger partial charge in [0.2, 0.25) is 0 Å². The molecule has 0 aromatic heterocycles. The van der Waals surface area contributed by atoms with Crippen molar-refractivity contribution in [2.75, 3.05) is 6.54 Å². The van der Waals surface area contributed by atoms with Crippen LogP contribution >= 0.6 is 0 Å². The van der Waals surface area contributed by atoms with Crippen LogP contribution in [0.15, 0.2) is 0 Å². The summed E-state index contributed by atoms with van der Waals surface area (Å²) in [6.45, 7) is 0.627. The van der Waals surface area contributed by atoms with Crippen molar-refractivity contribution in [2.24, 2.45) is 17.6 Å². The SMILES string of the molecule is NCC1CCC([C@@H](O)ON2C(=O)CC(OO)C2=O)CC1. The van der Waals surface area contributed by atoms with Gasteiger partial charge in [-0.15, -0.1) is 5.06 Å². The minimum absolute atomic E-state index is 0.132. The molecule has 20 heavy (non-hydrogen) atoms. The third-order valence-corrected chi connectivity index (χ3v) is 4.03. The highest BCUT2D eigenvalue weighted by atomic mass is 17.1. The van der Waals surface area contributed by atoms with Gasteiger partial charge in [-0.3, -0.25) is 14.8 Å². The summed E-state index contributed by atoms with van der Waals surface area (Å²) in [6, 6.07) is 0. The molecule has 2 atom stereocenters. The van der Waals surface area contributed by atoms with Gasteiger partial charge in [-0.05, 0) is 38.1 Å². The van der Waals surface area contributed by atoms with Crippen molar-refractivity contribution in [2.45, 2.75) is 44.5 Å². The van der Waals surface area contributed by atoms with Crippen LogP contribution in [-0.2, 0) is 19.3 Å². The molecule has 1 aliphatic heterocycles. The van der Waals surface area contributed by atoms with Gasteiger partial charge in [-0.2, -0.15) is 0 Å². The third-order valence-electron chi connectivity index (χ3n) is 4.03. The molecule has 1 saturated carbocycles. The van der Waals surface area contributed by atoms with Crippen LogP contribution in [0.1, 0.15) is 32.1 Å². The summed E-state index contributed by atoms with van der Waals surface area (Å²) in [5.41, 5.74) is 5.59. The molecule has 1 aliphatic carbocycles. The molecular weight excluding hydrogens is 268 g/mol. The highest BCUT2D eigenvalue weighted by Gasteiger charge is 2.43. The van der Waals surface area contributed by atoms with E-state index in [2.05, 4.69) is 4.89 Å². The molecule has 1 unspecified atom stereocenters. The van der Waals surface area contributed by atoms with Crippen molar-refractivity contribution in [3.05, 3.63) is 0 Å². The van der Waals surface area contributed by atoms with Crippen molar-refractivity contribution in [3.8, 4) is 0 Å². The molecular formula is C12H20N2O6. The normalized spacial score (nSPS) is 32.8. The Morgan fingerprint density at radius 3 is 2.45 bits per heavy atom. The number of aliphatic hydroxyl groups is 1. The maximum absolute atomic E-state index is 11.6. The second-order valence-electron chi connectivity index (χ2n) is 5.34. The van der Waals surface area contributed by atoms with Gasteiger partial charge >= 0.3 is 0 Å². The molecule has 8 heteroatoms. The monoisotopic (exact) mass is 288 g/mol. The zero-order valence-electron chi connectivity index (χ0n) is 11.1. The van der Waals surface area contributed by atoms with Gasteiger partial charge in [0.15, 0.2) is 12.4 Å². The second-order valence-corrected chi connectivity index (χ2v) is 5.34.